The van der Waals surface area contributed by atoms with Crippen LogP contribution in [0.15, 0.2) is 61.2 Å². The molecule has 2 aromatic heterocycles. The maximum atomic E-state index is 12.6. The minimum Gasteiger partial charge on any atom is -0.353 e. The standard InChI is InChI=1S/C20H20ClN5O/c21-17-5-3-16(4-6-17)13-20(27)26-11-9-25(10-12-26)19-14-18(22-15-23-19)24-7-1-2-8-24/h1-8,14-15H,9-13H2. The summed E-state index contributed by atoms with van der Waals surface area (Å²) in [6.45, 7) is 2.90. The molecule has 3 heterocycles. The second kappa shape index (κ2) is 7.80. The molecule has 0 bridgehead atoms. The van der Waals surface area contributed by atoms with Crippen LogP contribution in [0.1, 0.15) is 5.56 Å². The number of rotatable bonds is 4. The molecular weight excluding hydrogens is 362 g/mol. The van der Waals surface area contributed by atoms with Crippen LogP contribution in [0.5, 0.6) is 0 Å². The van der Waals surface area contributed by atoms with Gasteiger partial charge in [0.15, 0.2) is 0 Å². The first-order valence-corrected chi connectivity index (χ1v) is 9.29. The van der Waals surface area contributed by atoms with E-state index in [1.54, 1.807) is 6.33 Å². The molecule has 7 heteroatoms. The summed E-state index contributed by atoms with van der Waals surface area (Å²) < 4.78 is 1.96. The fourth-order valence-corrected chi connectivity index (χ4v) is 3.34. The average molecular weight is 382 g/mol. The normalized spacial score (nSPS) is 14.4. The molecule has 1 fully saturated rings. The minimum absolute atomic E-state index is 0.146. The molecule has 1 aliphatic rings. The molecule has 6 nitrogen and oxygen atoms in total. The number of amides is 1. The van der Waals surface area contributed by atoms with Crippen molar-refractivity contribution in [3.05, 3.63) is 71.8 Å². The summed E-state index contributed by atoms with van der Waals surface area (Å²) in [5, 5.41) is 0.684. The molecule has 0 spiro atoms. The van der Waals surface area contributed by atoms with Gasteiger partial charge in [-0.2, -0.15) is 0 Å². The third-order valence-electron chi connectivity index (χ3n) is 4.73. The van der Waals surface area contributed by atoms with E-state index in [2.05, 4.69) is 14.9 Å². The first-order chi connectivity index (χ1) is 13.2. The van der Waals surface area contributed by atoms with Crippen LogP contribution < -0.4 is 4.90 Å². The molecule has 4 rings (SSSR count). The Balaban J connectivity index is 1.37. The first kappa shape index (κ1) is 17.5. The van der Waals surface area contributed by atoms with Crippen LogP contribution in [0.2, 0.25) is 5.02 Å². The fraction of sp³-hybridized carbons (Fsp3) is 0.250. The van der Waals surface area contributed by atoms with Crippen molar-refractivity contribution in [3.8, 4) is 5.82 Å². The summed E-state index contributed by atoms with van der Waals surface area (Å²) in [4.78, 5) is 25.4. The largest absolute Gasteiger partial charge is 0.353 e. The van der Waals surface area contributed by atoms with Gasteiger partial charge in [-0.25, -0.2) is 9.97 Å². The SMILES string of the molecule is O=C(Cc1ccc(Cl)cc1)N1CCN(c2cc(-n3cccc3)ncn2)CC1. The Morgan fingerprint density at radius 1 is 0.963 bits per heavy atom. The quantitative estimate of drug-likeness (QED) is 0.697. The van der Waals surface area contributed by atoms with E-state index in [1.165, 1.54) is 0 Å². The number of hydrogen-bond donors (Lipinski definition) is 0. The van der Waals surface area contributed by atoms with Gasteiger partial charge in [-0.05, 0) is 29.8 Å². The van der Waals surface area contributed by atoms with E-state index in [4.69, 9.17) is 11.6 Å². The summed E-state index contributed by atoms with van der Waals surface area (Å²) in [6, 6.07) is 13.4. The molecule has 0 radical (unpaired) electrons. The van der Waals surface area contributed by atoms with E-state index in [0.29, 0.717) is 24.5 Å². The number of piperazine rings is 1. The average Bonchev–Trinajstić information content (AvgIpc) is 3.25. The van der Waals surface area contributed by atoms with Crippen molar-refractivity contribution >= 4 is 23.3 Å². The number of carbonyl (C=O) groups is 1. The van der Waals surface area contributed by atoms with Gasteiger partial charge in [-0.1, -0.05) is 23.7 Å². The Kier molecular flexibility index (Phi) is 5.07. The van der Waals surface area contributed by atoms with Crippen molar-refractivity contribution in [1.29, 1.82) is 0 Å². The van der Waals surface area contributed by atoms with Crippen LogP contribution in [0.3, 0.4) is 0 Å². The lowest BCUT2D eigenvalue weighted by molar-refractivity contribution is -0.130. The minimum atomic E-state index is 0.146. The summed E-state index contributed by atoms with van der Waals surface area (Å²) in [5.74, 6) is 1.87. The predicted molar refractivity (Wildman–Crippen MR) is 105 cm³/mol. The monoisotopic (exact) mass is 381 g/mol. The fourth-order valence-electron chi connectivity index (χ4n) is 3.21. The van der Waals surface area contributed by atoms with Crippen molar-refractivity contribution in [3.63, 3.8) is 0 Å². The van der Waals surface area contributed by atoms with E-state index < -0.39 is 0 Å². The van der Waals surface area contributed by atoms with Crippen molar-refractivity contribution in [1.82, 2.24) is 19.4 Å². The summed E-state index contributed by atoms with van der Waals surface area (Å²) >= 11 is 5.90. The van der Waals surface area contributed by atoms with Gasteiger partial charge in [-0.3, -0.25) is 4.79 Å². The lowest BCUT2D eigenvalue weighted by Gasteiger charge is -2.35. The van der Waals surface area contributed by atoms with Crippen LogP contribution in [-0.4, -0.2) is 51.5 Å². The molecule has 0 N–H and O–H groups in total. The number of halogens is 1. The number of anilines is 1. The van der Waals surface area contributed by atoms with Gasteiger partial charge < -0.3 is 14.4 Å². The lowest BCUT2D eigenvalue weighted by atomic mass is 10.1. The van der Waals surface area contributed by atoms with E-state index in [1.807, 2.05) is 64.3 Å². The van der Waals surface area contributed by atoms with Gasteiger partial charge in [-0.15, -0.1) is 0 Å². The third kappa shape index (κ3) is 4.11. The summed E-state index contributed by atoms with van der Waals surface area (Å²) in [5.41, 5.74) is 0.985. The van der Waals surface area contributed by atoms with E-state index in [0.717, 1.165) is 30.3 Å². The number of hydrogen-bond acceptors (Lipinski definition) is 4. The van der Waals surface area contributed by atoms with Gasteiger partial charge in [0.25, 0.3) is 0 Å². The molecule has 138 valence electrons. The molecule has 27 heavy (non-hydrogen) atoms. The van der Waals surface area contributed by atoms with Gasteiger partial charge in [0.1, 0.15) is 18.0 Å². The summed E-state index contributed by atoms with van der Waals surface area (Å²) in [7, 11) is 0. The first-order valence-electron chi connectivity index (χ1n) is 8.91. The number of nitrogens with zero attached hydrogens (tertiary/aromatic N) is 5. The smallest absolute Gasteiger partial charge is 0.227 e. The second-order valence-corrected chi connectivity index (χ2v) is 6.93. The highest BCUT2D eigenvalue weighted by molar-refractivity contribution is 6.30. The molecule has 3 aromatic rings. The predicted octanol–water partition coefficient (Wildman–Crippen LogP) is 2.81. The zero-order chi connectivity index (χ0) is 18.6. The number of aromatic nitrogens is 3. The Morgan fingerprint density at radius 2 is 1.63 bits per heavy atom. The van der Waals surface area contributed by atoms with Gasteiger partial charge in [0, 0.05) is 49.7 Å². The number of carbonyl (C=O) groups excluding carboxylic acids is 1. The highest BCUT2D eigenvalue weighted by atomic mass is 35.5. The Hall–Kier alpha value is -2.86. The molecular formula is C20H20ClN5O. The van der Waals surface area contributed by atoms with E-state index in [-0.39, 0.29) is 5.91 Å². The van der Waals surface area contributed by atoms with Crippen molar-refractivity contribution in [2.45, 2.75) is 6.42 Å². The molecule has 0 saturated carbocycles. The Morgan fingerprint density at radius 3 is 2.33 bits per heavy atom. The van der Waals surface area contributed by atoms with Gasteiger partial charge in [0.05, 0.1) is 6.42 Å². The van der Waals surface area contributed by atoms with Crippen molar-refractivity contribution in [2.75, 3.05) is 31.1 Å². The maximum Gasteiger partial charge on any atom is 0.227 e. The van der Waals surface area contributed by atoms with Crippen LogP contribution in [0.4, 0.5) is 5.82 Å². The molecule has 1 saturated heterocycles. The molecule has 0 atom stereocenters. The van der Waals surface area contributed by atoms with Crippen LogP contribution in [0, 0.1) is 0 Å². The van der Waals surface area contributed by atoms with Gasteiger partial charge in [0.2, 0.25) is 5.91 Å². The molecule has 1 amide bonds. The van der Waals surface area contributed by atoms with Crippen LogP contribution in [-0.2, 0) is 11.2 Å². The van der Waals surface area contributed by atoms with Crippen molar-refractivity contribution < 1.29 is 4.79 Å². The molecule has 0 aliphatic carbocycles. The van der Waals surface area contributed by atoms with Gasteiger partial charge >= 0.3 is 0 Å². The Bertz CT molecular complexity index is 902. The summed E-state index contributed by atoms with van der Waals surface area (Å²) in [6.07, 6.45) is 5.91. The molecule has 0 unspecified atom stereocenters. The van der Waals surface area contributed by atoms with Crippen LogP contribution >= 0.6 is 11.6 Å². The molecule has 1 aromatic carbocycles. The molecule has 1 aliphatic heterocycles. The number of benzene rings is 1. The topological polar surface area (TPSA) is 54.3 Å². The maximum absolute atomic E-state index is 12.6. The highest BCUT2D eigenvalue weighted by Gasteiger charge is 2.22. The van der Waals surface area contributed by atoms with E-state index in [9.17, 15) is 4.79 Å². The zero-order valence-electron chi connectivity index (χ0n) is 14.8. The second-order valence-electron chi connectivity index (χ2n) is 6.50. The highest BCUT2D eigenvalue weighted by Crippen LogP contribution is 2.17. The lowest BCUT2D eigenvalue weighted by Crippen LogP contribution is -2.49. The third-order valence-corrected chi connectivity index (χ3v) is 4.98. The van der Waals surface area contributed by atoms with Crippen LogP contribution in [0.25, 0.3) is 5.82 Å². The zero-order valence-corrected chi connectivity index (χ0v) is 15.6. The Labute approximate surface area is 163 Å². The van der Waals surface area contributed by atoms with Crippen molar-refractivity contribution in [2.24, 2.45) is 0 Å². The van der Waals surface area contributed by atoms with E-state index >= 15 is 0 Å².